The number of anilines is 1. The lowest BCUT2D eigenvalue weighted by Crippen LogP contribution is -2.17. The average Bonchev–Trinajstić information content (AvgIpc) is 2.52. The summed E-state index contributed by atoms with van der Waals surface area (Å²) in [7, 11) is 0. The molecule has 0 bridgehead atoms. The smallest absolute Gasteiger partial charge is 0.278 e. The van der Waals surface area contributed by atoms with E-state index in [2.05, 4.69) is 10.3 Å². The van der Waals surface area contributed by atoms with Crippen LogP contribution >= 0.6 is 17.7 Å². The van der Waals surface area contributed by atoms with Crippen molar-refractivity contribution in [1.82, 2.24) is 4.98 Å². The number of pyridine rings is 1. The van der Waals surface area contributed by atoms with Crippen LogP contribution in [0.2, 0.25) is 0 Å². The van der Waals surface area contributed by atoms with Gasteiger partial charge in [-0.25, -0.2) is 0 Å². The lowest BCUT2D eigenvalue weighted by Gasteiger charge is -2.24. The molecule has 0 unspecified atom stereocenters. The maximum absolute atomic E-state index is 12.9. The molecule has 140 valence electrons. The highest BCUT2D eigenvalue weighted by atomic mass is 32.7. The minimum Gasteiger partial charge on any atom is -0.478 e. The molecule has 0 aliphatic rings. The Morgan fingerprint density at radius 2 is 1.96 bits per heavy atom. The molecule has 0 saturated heterocycles. The van der Waals surface area contributed by atoms with Crippen LogP contribution in [0.15, 0.2) is 12.1 Å². The monoisotopic (exact) mass is 389 g/mol. The molecule has 0 radical (unpaired) electrons. The number of nitrogens with zero attached hydrogens (tertiary/aromatic N) is 2. The van der Waals surface area contributed by atoms with Gasteiger partial charge in [0, 0.05) is 11.3 Å². The molecular formula is C15H24N3O5PS. The third-order valence-electron chi connectivity index (χ3n) is 3.39. The second kappa shape index (κ2) is 9.20. The van der Waals surface area contributed by atoms with Crippen LogP contribution in [0.25, 0.3) is 0 Å². The number of nitrogens with one attached hydrogen (secondary N) is 1. The van der Waals surface area contributed by atoms with E-state index in [1.54, 1.807) is 6.92 Å². The molecule has 25 heavy (non-hydrogen) atoms. The lowest BCUT2D eigenvalue weighted by atomic mass is 10.4. The number of nitro groups is 1. The van der Waals surface area contributed by atoms with E-state index in [1.807, 2.05) is 27.7 Å². The van der Waals surface area contributed by atoms with Crippen LogP contribution in [-0.4, -0.2) is 39.5 Å². The summed E-state index contributed by atoms with van der Waals surface area (Å²) in [6, 6.07) is 2.36. The summed E-state index contributed by atoms with van der Waals surface area (Å²) in [4.78, 5) is 26.6. The molecule has 1 amide bonds. The number of ether oxygens (including phenoxy) is 1. The van der Waals surface area contributed by atoms with Crippen molar-refractivity contribution in [3.05, 3.63) is 22.2 Å². The van der Waals surface area contributed by atoms with Gasteiger partial charge in [-0.2, -0.15) is 4.98 Å². The maximum atomic E-state index is 12.9. The lowest BCUT2D eigenvalue weighted by molar-refractivity contribution is -0.384. The van der Waals surface area contributed by atoms with Crippen molar-refractivity contribution in [3.8, 4) is 5.88 Å². The van der Waals surface area contributed by atoms with Crippen molar-refractivity contribution < 1.29 is 19.0 Å². The fourth-order valence-electron chi connectivity index (χ4n) is 2.12. The Labute approximate surface area is 151 Å². The van der Waals surface area contributed by atoms with Crippen LogP contribution in [0.4, 0.5) is 11.5 Å². The Bertz CT molecular complexity index is 669. The molecule has 1 rings (SSSR count). The molecular weight excluding hydrogens is 365 g/mol. The molecule has 1 N–H and O–H groups in total. The first-order chi connectivity index (χ1) is 11.6. The van der Waals surface area contributed by atoms with Gasteiger partial charge in [0.15, 0.2) is 0 Å². The second-order valence-corrected chi connectivity index (χ2v) is 12.3. The Morgan fingerprint density at radius 3 is 2.44 bits per heavy atom. The van der Waals surface area contributed by atoms with Crippen molar-refractivity contribution >= 4 is 35.1 Å². The minimum atomic E-state index is -2.56. The zero-order chi connectivity index (χ0) is 19.2. The van der Waals surface area contributed by atoms with Crippen LogP contribution < -0.4 is 10.1 Å². The molecule has 8 nitrogen and oxygen atoms in total. The number of aromatic nitrogens is 1. The average molecular weight is 389 g/mol. The fraction of sp³-hybridized carbons (Fsp3) is 0.600. The predicted octanol–water partition coefficient (Wildman–Crippen LogP) is 4.16. The number of amides is 1. The molecule has 0 aromatic carbocycles. The summed E-state index contributed by atoms with van der Waals surface area (Å²) in [6.07, 6.45) is -2.56. The van der Waals surface area contributed by atoms with Crippen LogP contribution in [0.1, 0.15) is 34.6 Å². The summed E-state index contributed by atoms with van der Waals surface area (Å²) in [5, 5.41) is 13.5. The first kappa shape index (κ1) is 21.4. The number of carbonyl (C=O) groups excluding carboxylic acids is 1. The van der Waals surface area contributed by atoms with E-state index in [1.165, 1.54) is 6.07 Å². The van der Waals surface area contributed by atoms with E-state index in [0.29, 0.717) is 6.61 Å². The Hall–Kier alpha value is -1.60. The summed E-state index contributed by atoms with van der Waals surface area (Å²) in [5.41, 5.74) is -0.298. The van der Waals surface area contributed by atoms with Crippen molar-refractivity contribution in [3.63, 3.8) is 0 Å². The first-order valence-corrected chi connectivity index (χ1v) is 11.4. The summed E-state index contributed by atoms with van der Waals surface area (Å²) < 4.78 is 18.1. The molecule has 10 heteroatoms. The Kier molecular flexibility index (Phi) is 7.89. The summed E-state index contributed by atoms with van der Waals surface area (Å²) in [5.74, 6) is -0.328. The van der Waals surface area contributed by atoms with Crippen LogP contribution in [0.3, 0.4) is 0 Å². The Balaban J connectivity index is 2.86. The zero-order valence-corrected chi connectivity index (χ0v) is 16.7. The van der Waals surface area contributed by atoms with Crippen molar-refractivity contribution in [1.29, 1.82) is 0 Å². The topological polar surface area (TPSA) is 111 Å². The van der Waals surface area contributed by atoms with Gasteiger partial charge < -0.3 is 14.6 Å². The van der Waals surface area contributed by atoms with Crippen molar-refractivity contribution in [2.75, 3.05) is 17.7 Å². The normalized spacial score (nSPS) is 11.6. The molecule has 1 aromatic heterocycles. The summed E-state index contributed by atoms with van der Waals surface area (Å²) >= 11 is 1.14. The molecule has 1 heterocycles. The molecule has 0 spiro atoms. The number of hydrogen-bond acceptors (Lipinski definition) is 7. The fourth-order valence-corrected chi connectivity index (χ4v) is 7.04. The SMILES string of the molecule is CCOc1cc([N+](=O)[O-])cc(NC(=O)CSP(=O)(C(C)C)C(C)C)n1. The largest absolute Gasteiger partial charge is 0.478 e. The minimum absolute atomic E-state index is 0.0119. The number of carbonyl (C=O) groups is 1. The Morgan fingerprint density at radius 1 is 1.36 bits per heavy atom. The second-order valence-electron chi connectivity index (χ2n) is 5.89. The highest BCUT2D eigenvalue weighted by Gasteiger charge is 2.31. The van der Waals surface area contributed by atoms with E-state index in [-0.39, 0.29) is 34.5 Å². The zero-order valence-electron chi connectivity index (χ0n) is 15.0. The van der Waals surface area contributed by atoms with Gasteiger partial charge in [-0.3, -0.25) is 14.9 Å². The van der Waals surface area contributed by atoms with Gasteiger partial charge in [0.25, 0.3) is 5.69 Å². The molecule has 0 saturated carbocycles. The molecule has 1 aromatic rings. The first-order valence-electron chi connectivity index (χ1n) is 7.93. The molecule has 0 aliphatic carbocycles. The highest BCUT2D eigenvalue weighted by Crippen LogP contribution is 2.65. The van der Waals surface area contributed by atoms with Gasteiger partial charge in [-0.1, -0.05) is 39.1 Å². The quantitative estimate of drug-likeness (QED) is 0.383. The molecule has 0 fully saturated rings. The van der Waals surface area contributed by atoms with Gasteiger partial charge in [-0.05, 0) is 6.92 Å². The molecule has 0 atom stereocenters. The van der Waals surface area contributed by atoms with Gasteiger partial charge in [0.1, 0.15) is 12.2 Å². The predicted molar refractivity (Wildman–Crippen MR) is 101 cm³/mol. The van der Waals surface area contributed by atoms with Crippen molar-refractivity contribution in [2.24, 2.45) is 0 Å². The van der Waals surface area contributed by atoms with Gasteiger partial charge >= 0.3 is 0 Å². The summed E-state index contributed by atoms with van der Waals surface area (Å²) in [6.45, 7) is 9.53. The highest BCUT2D eigenvalue weighted by molar-refractivity contribution is 8.58. The maximum Gasteiger partial charge on any atom is 0.278 e. The number of rotatable bonds is 9. The standard InChI is InChI=1S/C15H24N3O5PS/c1-6-23-15-8-12(18(20)21)7-13(17-15)16-14(19)9-25-24(22,10(2)3)11(4)5/h7-8,10-11H,6,9H2,1-5H3,(H,16,17,19). The van der Waals surface area contributed by atoms with Crippen LogP contribution in [-0.2, 0) is 9.36 Å². The van der Waals surface area contributed by atoms with Gasteiger partial charge in [0.2, 0.25) is 11.8 Å². The van der Waals surface area contributed by atoms with Crippen LogP contribution in [0, 0.1) is 10.1 Å². The van der Waals surface area contributed by atoms with E-state index in [9.17, 15) is 19.5 Å². The van der Waals surface area contributed by atoms with Gasteiger partial charge in [0.05, 0.1) is 29.4 Å². The number of hydrogen-bond donors (Lipinski definition) is 1. The third kappa shape index (κ3) is 6.01. The van der Waals surface area contributed by atoms with E-state index < -0.39 is 17.2 Å². The van der Waals surface area contributed by atoms with E-state index in [0.717, 1.165) is 17.4 Å². The van der Waals surface area contributed by atoms with E-state index >= 15 is 0 Å². The van der Waals surface area contributed by atoms with E-state index in [4.69, 9.17) is 4.74 Å². The van der Waals surface area contributed by atoms with Crippen molar-refractivity contribution in [2.45, 2.75) is 45.9 Å². The van der Waals surface area contributed by atoms with Gasteiger partial charge in [-0.15, -0.1) is 0 Å². The third-order valence-corrected chi connectivity index (χ3v) is 11.2. The molecule has 0 aliphatic heterocycles. The van der Waals surface area contributed by atoms with Crippen LogP contribution in [0.5, 0.6) is 5.88 Å².